The van der Waals surface area contributed by atoms with Crippen LogP contribution in [0.4, 0.5) is 0 Å². The van der Waals surface area contributed by atoms with Crippen LogP contribution in [-0.4, -0.2) is 42.0 Å². The van der Waals surface area contributed by atoms with Crippen LogP contribution in [0.5, 0.6) is 5.75 Å². The highest BCUT2D eigenvalue weighted by atomic mass is 32.2. The standard InChI is InChI=1S/C23H24N2O4S/c1-4-30(27,28)17-7-5-6-16(11-17)18-8-9-20(29-13-15(3)26)22-21(18)19-10-14(2)12-24-23(19)25-22/h5-12,15,26H,4,13H2,1-3H3,(H,24,25)/t15-/m0/s1. The van der Waals surface area contributed by atoms with Crippen LogP contribution in [0, 0.1) is 6.92 Å². The minimum absolute atomic E-state index is 0.0498. The van der Waals surface area contributed by atoms with E-state index in [4.69, 9.17) is 4.74 Å². The molecular weight excluding hydrogens is 400 g/mol. The number of hydrogen-bond donors (Lipinski definition) is 2. The Hall–Kier alpha value is -2.90. The van der Waals surface area contributed by atoms with Crippen LogP contribution < -0.4 is 4.74 Å². The van der Waals surface area contributed by atoms with Crippen molar-refractivity contribution >= 4 is 31.8 Å². The first kappa shape index (κ1) is 20.4. The van der Waals surface area contributed by atoms with Gasteiger partial charge in [0.25, 0.3) is 0 Å². The van der Waals surface area contributed by atoms with Crippen LogP contribution in [0.25, 0.3) is 33.1 Å². The molecule has 0 saturated carbocycles. The SMILES string of the molecule is CCS(=O)(=O)c1cccc(-c2ccc(OC[C@H](C)O)c3[nH]c4ncc(C)cc4c23)c1. The molecule has 156 valence electrons. The van der Waals surface area contributed by atoms with E-state index in [0.717, 1.165) is 38.6 Å². The zero-order valence-corrected chi connectivity index (χ0v) is 18.0. The average Bonchev–Trinajstić information content (AvgIpc) is 3.11. The van der Waals surface area contributed by atoms with Crippen LogP contribution in [0.1, 0.15) is 19.4 Å². The number of aliphatic hydroxyl groups excluding tert-OH is 1. The van der Waals surface area contributed by atoms with E-state index >= 15 is 0 Å². The fourth-order valence-electron chi connectivity index (χ4n) is 3.56. The average molecular weight is 425 g/mol. The third-order valence-corrected chi connectivity index (χ3v) is 6.80. The summed E-state index contributed by atoms with van der Waals surface area (Å²) < 4.78 is 30.6. The summed E-state index contributed by atoms with van der Waals surface area (Å²) in [5.74, 6) is 0.663. The molecule has 6 nitrogen and oxygen atoms in total. The highest BCUT2D eigenvalue weighted by Crippen LogP contribution is 2.39. The van der Waals surface area contributed by atoms with Gasteiger partial charge in [-0.2, -0.15) is 0 Å². The number of aromatic amines is 1. The Morgan fingerprint density at radius 3 is 2.73 bits per heavy atom. The van der Waals surface area contributed by atoms with Gasteiger partial charge in [0.05, 0.1) is 22.3 Å². The van der Waals surface area contributed by atoms with Gasteiger partial charge in [0.15, 0.2) is 9.84 Å². The Morgan fingerprint density at radius 2 is 2.00 bits per heavy atom. The van der Waals surface area contributed by atoms with Crippen molar-refractivity contribution in [3.8, 4) is 16.9 Å². The molecule has 2 N–H and O–H groups in total. The maximum atomic E-state index is 12.4. The molecule has 30 heavy (non-hydrogen) atoms. The zero-order chi connectivity index (χ0) is 21.5. The molecule has 0 unspecified atom stereocenters. The molecule has 0 amide bonds. The number of hydrogen-bond acceptors (Lipinski definition) is 5. The van der Waals surface area contributed by atoms with Crippen LogP contribution in [-0.2, 0) is 9.84 Å². The number of fused-ring (bicyclic) bond motifs is 3. The van der Waals surface area contributed by atoms with E-state index in [-0.39, 0.29) is 12.4 Å². The molecule has 7 heteroatoms. The van der Waals surface area contributed by atoms with Crippen molar-refractivity contribution in [2.75, 3.05) is 12.4 Å². The van der Waals surface area contributed by atoms with Crippen LogP contribution >= 0.6 is 0 Å². The number of benzene rings is 2. The monoisotopic (exact) mass is 424 g/mol. The summed E-state index contributed by atoms with van der Waals surface area (Å²) in [4.78, 5) is 8.14. The van der Waals surface area contributed by atoms with E-state index < -0.39 is 15.9 Å². The van der Waals surface area contributed by atoms with Crippen molar-refractivity contribution in [1.29, 1.82) is 0 Å². The molecule has 0 bridgehead atoms. The summed E-state index contributed by atoms with van der Waals surface area (Å²) in [6.07, 6.45) is 1.20. The van der Waals surface area contributed by atoms with E-state index in [1.54, 1.807) is 38.2 Å². The number of sulfone groups is 1. The summed E-state index contributed by atoms with van der Waals surface area (Å²) >= 11 is 0. The van der Waals surface area contributed by atoms with Gasteiger partial charge >= 0.3 is 0 Å². The molecule has 0 spiro atoms. The maximum absolute atomic E-state index is 12.4. The first-order valence-corrected chi connectivity index (χ1v) is 11.5. The second-order valence-electron chi connectivity index (χ2n) is 7.49. The first-order valence-electron chi connectivity index (χ1n) is 9.85. The van der Waals surface area contributed by atoms with E-state index in [0.29, 0.717) is 10.6 Å². The Bertz CT molecular complexity index is 1340. The topological polar surface area (TPSA) is 92.3 Å². The van der Waals surface area contributed by atoms with E-state index in [9.17, 15) is 13.5 Å². The lowest BCUT2D eigenvalue weighted by molar-refractivity contribution is 0.123. The predicted molar refractivity (Wildman–Crippen MR) is 119 cm³/mol. The molecule has 0 fully saturated rings. The van der Waals surface area contributed by atoms with Gasteiger partial charge in [-0.05, 0) is 60.9 Å². The Kier molecular flexibility index (Phi) is 5.26. The Morgan fingerprint density at radius 1 is 1.20 bits per heavy atom. The molecule has 2 heterocycles. The number of rotatable bonds is 6. The third kappa shape index (κ3) is 3.66. The number of aryl methyl sites for hydroxylation is 1. The molecule has 0 aliphatic rings. The highest BCUT2D eigenvalue weighted by Gasteiger charge is 2.18. The lowest BCUT2D eigenvalue weighted by Crippen LogP contribution is -2.12. The van der Waals surface area contributed by atoms with E-state index in [2.05, 4.69) is 16.0 Å². The molecule has 0 aliphatic carbocycles. The Labute approximate surface area is 175 Å². The number of aliphatic hydroxyl groups is 1. The fraction of sp³-hybridized carbons (Fsp3) is 0.261. The van der Waals surface area contributed by atoms with Gasteiger partial charge in [0.1, 0.15) is 18.0 Å². The third-order valence-electron chi connectivity index (χ3n) is 5.07. The number of nitrogens with zero attached hydrogens (tertiary/aromatic N) is 1. The fourth-order valence-corrected chi connectivity index (χ4v) is 4.49. The van der Waals surface area contributed by atoms with Crippen LogP contribution in [0.15, 0.2) is 53.6 Å². The van der Waals surface area contributed by atoms with Crippen molar-refractivity contribution in [3.63, 3.8) is 0 Å². The van der Waals surface area contributed by atoms with Gasteiger partial charge in [-0.25, -0.2) is 13.4 Å². The molecular formula is C23H24N2O4S. The summed E-state index contributed by atoms with van der Waals surface area (Å²) in [7, 11) is -3.32. The summed E-state index contributed by atoms with van der Waals surface area (Å²) in [5.41, 5.74) is 4.21. The van der Waals surface area contributed by atoms with Gasteiger partial charge in [-0.3, -0.25) is 0 Å². The maximum Gasteiger partial charge on any atom is 0.178 e. The van der Waals surface area contributed by atoms with Gasteiger partial charge in [-0.1, -0.05) is 19.1 Å². The summed E-state index contributed by atoms with van der Waals surface area (Å²) in [6, 6.07) is 12.8. The number of pyridine rings is 1. The van der Waals surface area contributed by atoms with Crippen molar-refractivity contribution in [3.05, 3.63) is 54.2 Å². The van der Waals surface area contributed by atoms with E-state index in [1.165, 1.54) is 0 Å². The number of nitrogens with one attached hydrogen (secondary N) is 1. The quantitative estimate of drug-likeness (QED) is 0.483. The van der Waals surface area contributed by atoms with Gasteiger partial charge < -0.3 is 14.8 Å². The second kappa shape index (κ2) is 7.74. The molecule has 0 radical (unpaired) electrons. The van der Waals surface area contributed by atoms with Crippen molar-refractivity contribution in [2.24, 2.45) is 0 Å². The Balaban J connectivity index is 1.99. The minimum Gasteiger partial charge on any atom is -0.489 e. The second-order valence-corrected chi connectivity index (χ2v) is 9.76. The smallest absolute Gasteiger partial charge is 0.178 e. The van der Waals surface area contributed by atoms with Crippen molar-refractivity contribution in [2.45, 2.75) is 31.8 Å². The van der Waals surface area contributed by atoms with E-state index in [1.807, 2.05) is 25.1 Å². The molecule has 2 aromatic heterocycles. The van der Waals surface area contributed by atoms with Crippen LogP contribution in [0.3, 0.4) is 0 Å². The normalized spacial score (nSPS) is 13.1. The lowest BCUT2D eigenvalue weighted by atomic mass is 9.99. The molecule has 1 atom stereocenters. The van der Waals surface area contributed by atoms with Crippen molar-refractivity contribution in [1.82, 2.24) is 9.97 Å². The first-order chi connectivity index (χ1) is 14.3. The molecule has 0 saturated heterocycles. The number of H-pyrrole nitrogens is 1. The van der Waals surface area contributed by atoms with Crippen molar-refractivity contribution < 1.29 is 18.3 Å². The van der Waals surface area contributed by atoms with Gasteiger partial charge in [-0.15, -0.1) is 0 Å². The van der Waals surface area contributed by atoms with Crippen LogP contribution in [0.2, 0.25) is 0 Å². The largest absolute Gasteiger partial charge is 0.489 e. The summed E-state index contributed by atoms with van der Waals surface area (Å²) in [6.45, 7) is 5.46. The number of aromatic nitrogens is 2. The van der Waals surface area contributed by atoms with Gasteiger partial charge in [0, 0.05) is 17.0 Å². The molecule has 4 rings (SSSR count). The molecule has 0 aliphatic heterocycles. The minimum atomic E-state index is -3.32. The number of ether oxygens (including phenoxy) is 1. The predicted octanol–water partition coefficient (Wildman–Crippen LogP) is 4.24. The van der Waals surface area contributed by atoms with Gasteiger partial charge in [0.2, 0.25) is 0 Å². The lowest BCUT2D eigenvalue weighted by Gasteiger charge is -2.12. The molecule has 2 aromatic carbocycles. The zero-order valence-electron chi connectivity index (χ0n) is 17.1. The molecule has 4 aromatic rings. The summed E-state index contributed by atoms with van der Waals surface area (Å²) in [5, 5.41) is 11.5. The highest BCUT2D eigenvalue weighted by molar-refractivity contribution is 7.91.